The number of nitrogens with one attached hydrogen (secondary N) is 1. The lowest BCUT2D eigenvalue weighted by Crippen LogP contribution is -2.39. The molecule has 0 radical (unpaired) electrons. The Morgan fingerprint density at radius 3 is 2.45 bits per heavy atom. The van der Waals surface area contributed by atoms with E-state index in [1.165, 1.54) is 5.56 Å². The van der Waals surface area contributed by atoms with E-state index in [1.54, 1.807) is 0 Å². The van der Waals surface area contributed by atoms with E-state index in [9.17, 15) is 4.79 Å². The molecule has 1 aromatic rings. The van der Waals surface area contributed by atoms with Gasteiger partial charge in [0, 0.05) is 13.1 Å². The van der Waals surface area contributed by atoms with Crippen LogP contribution in [-0.4, -0.2) is 37.0 Å². The van der Waals surface area contributed by atoms with Gasteiger partial charge >= 0.3 is 0 Å². The van der Waals surface area contributed by atoms with Gasteiger partial charge in [-0.3, -0.25) is 4.79 Å². The summed E-state index contributed by atoms with van der Waals surface area (Å²) in [6.45, 7) is 12.0. The summed E-state index contributed by atoms with van der Waals surface area (Å²) in [4.78, 5) is 14.0. The largest absolute Gasteiger partial charge is 0.368 e. The quantitative estimate of drug-likeness (QED) is 0.761. The van der Waals surface area contributed by atoms with Crippen molar-refractivity contribution in [3.8, 4) is 0 Å². The lowest BCUT2D eigenvalue weighted by Gasteiger charge is -2.22. The van der Waals surface area contributed by atoms with E-state index >= 15 is 0 Å². The molecule has 0 bridgehead atoms. The van der Waals surface area contributed by atoms with Crippen LogP contribution in [0, 0.1) is 13.8 Å². The number of aryl methyl sites for hydroxylation is 2. The van der Waals surface area contributed by atoms with Gasteiger partial charge in [0.2, 0.25) is 5.91 Å². The molecule has 1 rings (SSSR count). The first-order valence-corrected chi connectivity index (χ1v) is 7.31. The van der Waals surface area contributed by atoms with E-state index in [-0.39, 0.29) is 5.91 Å². The van der Waals surface area contributed by atoms with Crippen LogP contribution in [-0.2, 0) is 4.79 Å². The first kappa shape index (κ1) is 16.7. The topological polar surface area (TPSA) is 58.4 Å². The molecule has 0 saturated heterocycles. The number of amides is 1. The van der Waals surface area contributed by atoms with E-state index in [0.29, 0.717) is 0 Å². The minimum absolute atomic E-state index is 0.323. The second-order valence-corrected chi connectivity index (χ2v) is 5.18. The molecule has 1 atom stereocenters. The molecule has 0 spiro atoms. The molecule has 0 aliphatic heterocycles. The standard InChI is InChI=1S/C16H27N3O/c1-5-19(6-2)10-9-18-15(16(17)20)14-8-7-12(3)11-13(14)4/h7-8,11,15,18H,5-6,9-10H2,1-4H3,(H2,17,20). The summed E-state index contributed by atoms with van der Waals surface area (Å²) in [6, 6.07) is 5.68. The van der Waals surface area contributed by atoms with Crippen molar-refractivity contribution in [2.75, 3.05) is 26.2 Å². The summed E-state index contributed by atoms with van der Waals surface area (Å²) in [7, 11) is 0. The highest BCUT2D eigenvalue weighted by Crippen LogP contribution is 2.18. The van der Waals surface area contributed by atoms with E-state index in [2.05, 4.69) is 30.1 Å². The molecule has 112 valence electrons. The van der Waals surface area contributed by atoms with Gasteiger partial charge in [0.05, 0.1) is 0 Å². The van der Waals surface area contributed by atoms with Gasteiger partial charge in [-0.05, 0) is 38.1 Å². The van der Waals surface area contributed by atoms with Gasteiger partial charge in [0.15, 0.2) is 0 Å². The predicted molar refractivity (Wildman–Crippen MR) is 83.6 cm³/mol. The Morgan fingerprint density at radius 2 is 1.95 bits per heavy atom. The van der Waals surface area contributed by atoms with E-state index in [1.807, 2.05) is 26.0 Å². The Labute approximate surface area is 122 Å². The van der Waals surface area contributed by atoms with Crippen molar-refractivity contribution < 1.29 is 4.79 Å². The molecule has 1 unspecified atom stereocenters. The van der Waals surface area contributed by atoms with Crippen molar-refractivity contribution in [1.29, 1.82) is 0 Å². The van der Waals surface area contributed by atoms with Crippen LogP contribution in [0.3, 0.4) is 0 Å². The third-order valence-electron chi connectivity index (χ3n) is 3.69. The molecular formula is C16H27N3O. The monoisotopic (exact) mass is 277 g/mol. The van der Waals surface area contributed by atoms with Gasteiger partial charge in [-0.2, -0.15) is 0 Å². The van der Waals surface area contributed by atoms with Gasteiger partial charge in [-0.1, -0.05) is 37.6 Å². The van der Waals surface area contributed by atoms with Crippen molar-refractivity contribution in [1.82, 2.24) is 10.2 Å². The number of hydrogen-bond acceptors (Lipinski definition) is 3. The number of likely N-dealkylation sites (N-methyl/N-ethyl adjacent to an activating group) is 1. The van der Waals surface area contributed by atoms with E-state index in [0.717, 1.165) is 37.3 Å². The third-order valence-corrected chi connectivity index (χ3v) is 3.69. The molecule has 0 aromatic heterocycles. The van der Waals surface area contributed by atoms with Crippen LogP contribution in [0.1, 0.15) is 36.6 Å². The lowest BCUT2D eigenvalue weighted by atomic mass is 9.99. The second kappa shape index (κ2) is 8.02. The Morgan fingerprint density at radius 1 is 1.30 bits per heavy atom. The Bertz CT molecular complexity index is 441. The third kappa shape index (κ3) is 4.62. The summed E-state index contributed by atoms with van der Waals surface area (Å²) < 4.78 is 0. The van der Waals surface area contributed by atoms with Crippen molar-refractivity contribution in [2.24, 2.45) is 5.73 Å². The molecule has 4 heteroatoms. The van der Waals surface area contributed by atoms with Crippen molar-refractivity contribution >= 4 is 5.91 Å². The Balaban J connectivity index is 2.72. The highest BCUT2D eigenvalue weighted by atomic mass is 16.1. The Hall–Kier alpha value is -1.39. The maximum Gasteiger partial charge on any atom is 0.239 e. The van der Waals surface area contributed by atoms with Gasteiger partial charge in [-0.25, -0.2) is 0 Å². The fourth-order valence-electron chi connectivity index (χ4n) is 2.42. The van der Waals surface area contributed by atoms with Gasteiger partial charge in [0.1, 0.15) is 6.04 Å². The molecule has 3 N–H and O–H groups in total. The summed E-state index contributed by atoms with van der Waals surface area (Å²) in [5, 5.41) is 3.28. The maximum absolute atomic E-state index is 11.7. The first-order chi connectivity index (χ1) is 9.49. The summed E-state index contributed by atoms with van der Waals surface area (Å²) in [5.41, 5.74) is 8.81. The van der Waals surface area contributed by atoms with Crippen LogP contribution in [0.5, 0.6) is 0 Å². The molecule has 0 saturated carbocycles. The molecule has 0 heterocycles. The zero-order chi connectivity index (χ0) is 15.1. The normalized spacial score (nSPS) is 12.7. The van der Waals surface area contributed by atoms with Crippen molar-refractivity contribution in [3.63, 3.8) is 0 Å². The zero-order valence-corrected chi connectivity index (χ0v) is 13.1. The smallest absolute Gasteiger partial charge is 0.239 e. The predicted octanol–water partition coefficient (Wildman–Crippen LogP) is 1.76. The van der Waals surface area contributed by atoms with E-state index < -0.39 is 6.04 Å². The van der Waals surface area contributed by atoms with Crippen LogP contribution in [0.2, 0.25) is 0 Å². The number of primary amides is 1. The minimum atomic E-state index is -0.411. The lowest BCUT2D eigenvalue weighted by molar-refractivity contribution is -0.120. The molecule has 4 nitrogen and oxygen atoms in total. The average Bonchev–Trinajstić information content (AvgIpc) is 2.40. The molecule has 1 aromatic carbocycles. The highest BCUT2D eigenvalue weighted by molar-refractivity contribution is 5.81. The van der Waals surface area contributed by atoms with Crippen molar-refractivity contribution in [2.45, 2.75) is 33.7 Å². The fraction of sp³-hybridized carbons (Fsp3) is 0.562. The highest BCUT2D eigenvalue weighted by Gasteiger charge is 2.19. The number of nitrogens with two attached hydrogens (primary N) is 1. The number of rotatable bonds is 8. The molecule has 0 aliphatic carbocycles. The second-order valence-electron chi connectivity index (χ2n) is 5.18. The maximum atomic E-state index is 11.7. The van der Waals surface area contributed by atoms with Crippen LogP contribution >= 0.6 is 0 Å². The number of hydrogen-bond donors (Lipinski definition) is 2. The van der Waals surface area contributed by atoms with E-state index in [4.69, 9.17) is 5.73 Å². The van der Waals surface area contributed by atoms with Crippen molar-refractivity contribution in [3.05, 3.63) is 34.9 Å². The number of carbonyl (C=O) groups excluding carboxylic acids is 1. The average molecular weight is 277 g/mol. The summed E-state index contributed by atoms with van der Waals surface area (Å²) in [5.74, 6) is -0.323. The number of nitrogens with zero attached hydrogens (tertiary/aromatic N) is 1. The molecule has 0 aliphatic rings. The first-order valence-electron chi connectivity index (χ1n) is 7.31. The zero-order valence-electron chi connectivity index (χ0n) is 13.1. The number of carbonyl (C=O) groups is 1. The molecule has 0 fully saturated rings. The van der Waals surface area contributed by atoms with Gasteiger partial charge in [-0.15, -0.1) is 0 Å². The summed E-state index contributed by atoms with van der Waals surface area (Å²) >= 11 is 0. The molecule has 1 amide bonds. The van der Waals surface area contributed by atoms with Crippen LogP contribution in [0.15, 0.2) is 18.2 Å². The molecular weight excluding hydrogens is 250 g/mol. The molecule has 20 heavy (non-hydrogen) atoms. The minimum Gasteiger partial charge on any atom is -0.368 e. The number of benzene rings is 1. The van der Waals surface area contributed by atoms with Crippen LogP contribution < -0.4 is 11.1 Å². The fourth-order valence-corrected chi connectivity index (χ4v) is 2.42. The van der Waals surface area contributed by atoms with Crippen LogP contribution in [0.25, 0.3) is 0 Å². The van der Waals surface area contributed by atoms with Gasteiger partial charge < -0.3 is 16.0 Å². The Kier molecular flexibility index (Phi) is 6.68. The SMILES string of the molecule is CCN(CC)CCNC(C(N)=O)c1ccc(C)cc1C. The van der Waals surface area contributed by atoms with Crippen LogP contribution in [0.4, 0.5) is 0 Å². The summed E-state index contributed by atoms with van der Waals surface area (Å²) in [6.07, 6.45) is 0. The van der Waals surface area contributed by atoms with Gasteiger partial charge in [0.25, 0.3) is 0 Å².